The minimum atomic E-state index is -4.77. The molecule has 1 fully saturated rings. The normalized spacial score (nSPS) is 17.2. The summed E-state index contributed by atoms with van der Waals surface area (Å²) >= 11 is 0. The molecule has 1 saturated heterocycles. The van der Waals surface area contributed by atoms with E-state index < -0.39 is 41.3 Å². The van der Waals surface area contributed by atoms with E-state index in [1.807, 2.05) is 0 Å². The van der Waals surface area contributed by atoms with Crippen molar-refractivity contribution in [2.45, 2.75) is 24.6 Å². The maximum Gasteiger partial charge on any atom is 0.417 e. The molecule has 1 aliphatic rings. The fraction of sp³-hybridized carbons (Fsp3) is 0.444. The second-order valence-electron chi connectivity index (χ2n) is 6.07. The molecule has 0 bridgehead atoms. The molecular weight excluding hydrogens is 363 g/mol. The first-order chi connectivity index (χ1) is 12.7. The third kappa shape index (κ3) is 4.77. The third-order valence-corrected chi connectivity index (χ3v) is 4.34. The molecule has 1 heterocycles. The highest BCUT2D eigenvalue weighted by Crippen LogP contribution is 2.34. The number of carbonyl (C=O) groups excluding carboxylic acids is 1. The summed E-state index contributed by atoms with van der Waals surface area (Å²) in [5.41, 5.74) is -4.13. The van der Waals surface area contributed by atoms with Crippen LogP contribution in [0.5, 0.6) is 0 Å². The monoisotopic (exact) mass is 381 g/mol. The van der Waals surface area contributed by atoms with Crippen LogP contribution in [0.4, 0.5) is 18.9 Å². The summed E-state index contributed by atoms with van der Waals surface area (Å²) in [5, 5.41) is 33.9. The Kier molecular flexibility index (Phi) is 6.45. The highest BCUT2D eigenvalue weighted by Gasteiger charge is 2.43. The number of aliphatic hydroxyl groups excluding tert-OH is 1. The summed E-state index contributed by atoms with van der Waals surface area (Å²) in [7, 11) is 0. The van der Waals surface area contributed by atoms with Crippen molar-refractivity contribution in [3.63, 3.8) is 0 Å². The van der Waals surface area contributed by atoms with Crippen LogP contribution < -0.4 is 10.6 Å². The molecular formula is C18H18F3N3O3. The van der Waals surface area contributed by atoms with Crippen LogP contribution in [0.25, 0.3) is 0 Å². The number of piperidine rings is 1. The number of amides is 1. The molecule has 1 atom stereocenters. The van der Waals surface area contributed by atoms with Gasteiger partial charge in [0.1, 0.15) is 6.61 Å². The van der Waals surface area contributed by atoms with Crippen molar-refractivity contribution in [1.29, 1.82) is 5.26 Å². The Bertz CT molecular complexity index is 802. The van der Waals surface area contributed by atoms with Gasteiger partial charge in [-0.3, -0.25) is 4.79 Å². The molecule has 0 aliphatic carbocycles. The lowest BCUT2D eigenvalue weighted by atomic mass is 9.80. The molecule has 144 valence electrons. The number of alkyl halides is 3. The number of hydrogen-bond donors (Lipinski definition) is 4. The van der Waals surface area contributed by atoms with E-state index in [2.05, 4.69) is 22.5 Å². The van der Waals surface area contributed by atoms with E-state index in [1.54, 1.807) is 0 Å². The van der Waals surface area contributed by atoms with E-state index in [-0.39, 0.29) is 5.69 Å². The standard InChI is InChI=1S/C18H18F3N3O3/c19-18(20,21)15-10-14(3-2-12(15)11-22)24-16(26)17(27,6-1-9-25)13-4-7-23-8-5-13/h2-3,10,13,23,25,27H,4-5,7-9H2,(H,24,26). The van der Waals surface area contributed by atoms with Gasteiger partial charge < -0.3 is 20.8 Å². The first-order valence-electron chi connectivity index (χ1n) is 8.19. The van der Waals surface area contributed by atoms with Crippen molar-refractivity contribution < 1.29 is 28.2 Å². The van der Waals surface area contributed by atoms with Gasteiger partial charge in [0, 0.05) is 11.6 Å². The van der Waals surface area contributed by atoms with Crippen LogP contribution in [-0.4, -0.2) is 41.4 Å². The Morgan fingerprint density at radius 1 is 1.33 bits per heavy atom. The number of aliphatic hydroxyl groups is 2. The lowest BCUT2D eigenvalue weighted by Crippen LogP contribution is -2.51. The largest absolute Gasteiger partial charge is 0.417 e. The maximum atomic E-state index is 13.1. The fourth-order valence-electron chi connectivity index (χ4n) is 2.94. The Hall–Kier alpha value is -2.59. The number of halogens is 3. The molecule has 1 aromatic rings. The quantitative estimate of drug-likeness (QED) is 0.590. The van der Waals surface area contributed by atoms with Crippen LogP contribution in [0.1, 0.15) is 24.0 Å². The van der Waals surface area contributed by atoms with E-state index in [1.165, 1.54) is 6.07 Å². The lowest BCUT2D eigenvalue weighted by Gasteiger charge is -2.33. The van der Waals surface area contributed by atoms with Crippen LogP contribution in [-0.2, 0) is 11.0 Å². The van der Waals surface area contributed by atoms with E-state index in [0.29, 0.717) is 32.0 Å². The second kappa shape index (κ2) is 8.40. The molecule has 0 aromatic heterocycles. The Morgan fingerprint density at radius 2 is 2.00 bits per heavy atom. The average molecular weight is 381 g/mol. The van der Waals surface area contributed by atoms with Gasteiger partial charge in [-0.15, -0.1) is 0 Å². The summed E-state index contributed by atoms with van der Waals surface area (Å²) in [6.07, 6.45) is -3.90. The van der Waals surface area contributed by atoms with Crippen LogP contribution in [0.3, 0.4) is 0 Å². The van der Waals surface area contributed by atoms with Gasteiger partial charge in [-0.1, -0.05) is 11.8 Å². The number of anilines is 1. The Balaban J connectivity index is 2.33. The third-order valence-electron chi connectivity index (χ3n) is 4.34. The van der Waals surface area contributed by atoms with Gasteiger partial charge in [-0.2, -0.15) is 18.4 Å². The highest BCUT2D eigenvalue weighted by molar-refractivity contribution is 6.00. The molecule has 27 heavy (non-hydrogen) atoms. The van der Waals surface area contributed by atoms with E-state index in [9.17, 15) is 23.1 Å². The van der Waals surface area contributed by atoms with Crippen molar-refractivity contribution in [2.24, 2.45) is 5.92 Å². The van der Waals surface area contributed by atoms with Gasteiger partial charge in [0.2, 0.25) is 5.60 Å². The zero-order valence-corrected chi connectivity index (χ0v) is 14.2. The van der Waals surface area contributed by atoms with Gasteiger partial charge >= 0.3 is 6.18 Å². The number of carbonyl (C=O) groups is 1. The van der Waals surface area contributed by atoms with Crippen molar-refractivity contribution in [1.82, 2.24) is 5.32 Å². The van der Waals surface area contributed by atoms with Gasteiger partial charge in [0.25, 0.3) is 5.91 Å². The van der Waals surface area contributed by atoms with Crippen molar-refractivity contribution >= 4 is 11.6 Å². The predicted molar refractivity (Wildman–Crippen MR) is 90.2 cm³/mol. The molecule has 6 nitrogen and oxygen atoms in total. The van der Waals surface area contributed by atoms with Crippen LogP contribution >= 0.6 is 0 Å². The van der Waals surface area contributed by atoms with Gasteiger partial charge in [0.15, 0.2) is 0 Å². The first-order valence-corrected chi connectivity index (χ1v) is 8.19. The minimum Gasteiger partial charge on any atom is -0.384 e. The fourth-order valence-corrected chi connectivity index (χ4v) is 2.94. The minimum absolute atomic E-state index is 0.218. The predicted octanol–water partition coefficient (Wildman–Crippen LogP) is 1.24. The molecule has 1 aromatic carbocycles. The first kappa shape index (κ1) is 20.7. The number of nitriles is 1. The molecule has 0 radical (unpaired) electrons. The lowest BCUT2D eigenvalue weighted by molar-refractivity contribution is -0.138. The molecule has 9 heteroatoms. The molecule has 1 unspecified atom stereocenters. The average Bonchev–Trinajstić information content (AvgIpc) is 2.66. The molecule has 0 saturated carbocycles. The summed E-state index contributed by atoms with van der Waals surface area (Å²) in [4.78, 5) is 12.6. The molecule has 2 rings (SSSR count). The van der Waals surface area contributed by atoms with Crippen LogP contribution in [0.2, 0.25) is 0 Å². The number of rotatable bonds is 3. The molecule has 4 N–H and O–H groups in total. The van der Waals surface area contributed by atoms with Crippen LogP contribution in [0, 0.1) is 29.1 Å². The summed E-state index contributed by atoms with van der Waals surface area (Å²) in [6.45, 7) is 0.530. The van der Waals surface area contributed by atoms with Gasteiger partial charge in [-0.25, -0.2) is 0 Å². The number of nitrogens with one attached hydrogen (secondary N) is 2. The van der Waals surface area contributed by atoms with Crippen LogP contribution in [0.15, 0.2) is 18.2 Å². The van der Waals surface area contributed by atoms with E-state index in [4.69, 9.17) is 10.4 Å². The Labute approximate surface area is 154 Å². The topological polar surface area (TPSA) is 105 Å². The number of nitrogens with zero attached hydrogens (tertiary/aromatic N) is 1. The zero-order valence-electron chi connectivity index (χ0n) is 14.2. The van der Waals surface area contributed by atoms with Gasteiger partial charge in [0.05, 0.1) is 17.2 Å². The summed E-state index contributed by atoms with van der Waals surface area (Å²) in [5.74, 6) is 3.08. The SMILES string of the molecule is N#Cc1ccc(NC(=O)C(O)(C#CCO)C2CCNCC2)cc1C(F)(F)F. The number of benzene rings is 1. The maximum absolute atomic E-state index is 13.1. The molecule has 1 aliphatic heterocycles. The summed E-state index contributed by atoms with van der Waals surface area (Å²) < 4.78 is 39.2. The van der Waals surface area contributed by atoms with E-state index >= 15 is 0 Å². The van der Waals surface area contributed by atoms with E-state index in [0.717, 1.165) is 12.1 Å². The zero-order chi connectivity index (χ0) is 20.1. The smallest absolute Gasteiger partial charge is 0.384 e. The van der Waals surface area contributed by atoms with Crippen molar-refractivity contribution in [3.05, 3.63) is 29.3 Å². The van der Waals surface area contributed by atoms with Gasteiger partial charge in [-0.05, 0) is 44.1 Å². The molecule has 0 spiro atoms. The van der Waals surface area contributed by atoms with Crippen molar-refractivity contribution in [2.75, 3.05) is 25.0 Å². The summed E-state index contributed by atoms with van der Waals surface area (Å²) in [6, 6.07) is 4.18. The highest BCUT2D eigenvalue weighted by atomic mass is 19.4. The molecule has 1 amide bonds. The van der Waals surface area contributed by atoms with Crippen molar-refractivity contribution in [3.8, 4) is 17.9 Å². The Morgan fingerprint density at radius 3 is 2.56 bits per heavy atom. The second-order valence-corrected chi connectivity index (χ2v) is 6.07. The number of hydrogen-bond acceptors (Lipinski definition) is 5.